The van der Waals surface area contributed by atoms with Crippen molar-refractivity contribution in [1.29, 1.82) is 5.26 Å². The van der Waals surface area contributed by atoms with Gasteiger partial charge in [0, 0.05) is 14.3 Å². The lowest BCUT2D eigenvalue weighted by Crippen LogP contribution is -1.88. The van der Waals surface area contributed by atoms with Gasteiger partial charge in [-0.15, -0.1) is 0 Å². The van der Waals surface area contributed by atoms with E-state index in [-0.39, 0.29) is 0 Å². The van der Waals surface area contributed by atoms with E-state index < -0.39 is 0 Å². The third kappa shape index (κ3) is 1.90. The molecule has 62 valence electrons. The van der Waals surface area contributed by atoms with Crippen molar-refractivity contribution in [2.75, 3.05) is 0 Å². The van der Waals surface area contributed by atoms with Gasteiger partial charge in [-0.1, -0.05) is 31.9 Å². The van der Waals surface area contributed by atoms with E-state index in [0.717, 1.165) is 14.5 Å². The predicted molar refractivity (Wildman–Crippen MR) is 59.2 cm³/mol. The molecule has 1 nitrogen and oxygen atoms in total. The summed E-state index contributed by atoms with van der Waals surface area (Å²) in [6.45, 7) is 0. The summed E-state index contributed by atoms with van der Waals surface area (Å²) in [6.07, 6.45) is 0. The van der Waals surface area contributed by atoms with Crippen LogP contribution >= 0.6 is 47.8 Å². The Morgan fingerprint density at radius 2 is 1.83 bits per heavy atom. The maximum Gasteiger partial charge on any atom is 0.101 e. The molecule has 0 heterocycles. The molecule has 1 aromatic rings. The zero-order valence-electron chi connectivity index (χ0n) is 5.94. The molecule has 0 atom stereocenters. The van der Waals surface area contributed by atoms with Gasteiger partial charge in [-0.3, -0.25) is 0 Å². The molecule has 0 aliphatic rings. The molecule has 0 unspecified atom stereocenters. The number of nitriles is 1. The van der Waals surface area contributed by atoms with Crippen LogP contribution in [0.4, 0.5) is 0 Å². The van der Waals surface area contributed by atoms with Crippen molar-refractivity contribution in [1.82, 2.24) is 0 Å². The highest BCUT2D eigenvalue weighted by atomic mass is 79.9. The Bertz CT molecular complexity index is 341. The Hall–Kier alpha value is 0.150. The number of halogens is 3. The minimum absolute atomic E-state index is 0.677. The third-order valence-electron chi connectivity index (χ3n) is 1.45. The molecule has 0 aromatic heterocycles. The summed E-state index contributed by atoms with van der Waals surface area (Å²) in [5.74, 6) is 0. The maximum absolute atomic E-state index is 8.83. The van der Waals surface area contributed by atoms with Crippen LogP contribution in [0.1, 0.15) is 11.1 Å². The van der Waals surface area contributed by atoms with Crippen LogP contribution in [0.2, 0.25) is 0 Å². The van der Waals surface area contributed by atoms with Gasteiger partial charge in [-0.05, 0) is 33.6 Å². The molecular formula is C8H4Br3N. The van der Waals surface area contributed by atoms with Gasteiger partial charge in [-0.25, -0.2) is 0 Å². The van der Waals surface area contributed by atoms with Gasteiger partial charge >= 0.3 is 0 Å². The van der Waals surface area contributed by atoms with E-state index >= 15 is 0 Å². The minimum atomic E-state index is 0.677. The fourth-order valence-electron chi connectivity index (χ4n) is 0.845. The minimum Gasteiger partial charge on any atom is -0.192 e. The molecule has 0 fully saturated rings. The van der Waals surface area contributed by atoms with E-state index in [1.165, 1.54) is 0 Å². The molecule has 12 heavy (non-hydrogen) atoms. The second kappa shape index (κ2) is 4.40. The molecule has 0 saturated carbocycles. The van der Waals surface area contributed by atoms with E-state index in [1.54, 1.807) is 0 Å². The molecule has 0 saturated heterocycles. The van der Waals surface area contributed by atoms with E-state index in [0.29, 0.717) is 10.9 Å². The fraction of sp³-hybridized carbons (Fsp3) is 0.125. The number of benzene rings is 1. The van der Waals surface area contributed by atoms with Crippen molar-refractivity contribution in [3.63, 3.8) is 0 Å². The zero-order valence-corrected chi connectivity index (χ0v) is 10.7. The molecule has 1 aromatic carbocycles. The SMILES string of the molecule is N#Cc1c(Br)ccc(Br)c1CBr. The molecule has 0 radical (unpaired) electrons. The summed E-state index contributed by atoms with van der Waals surface area (Å²) < 4.78 is 1.79. The third-order valence-corrected chi connectivity index (χ3v) is 3.41. The molecule has 4 heteroatoms. The number of hydrogen-bond donors (Lipinski definition) is 0. The summed E-state index contributed by atoms with van der Waals surface area (Å²) in [5, 5.41) is 9.51. The topological polar surface area (TPSA) is 23.8 Å². The molecule has 0 bridgehead atoms. The predicted octanol–water partition coefficient (Wildman–Crippen LogP) is 3.98. The van der Waals surface area contributed by atoms with Gasteiger partial charge in [-0.2, -0.15) is 5.26 Å². The van der Waals surface area contributed by atoms with E-state index in [1.807, 2.05) is 12.1 Å². The van der Waals surface area contributed by atoms with Crippen LogP contribution in [0.25, 0.3) is 0 Å². The summed E-state index contributed by atoms with van der Waals surface area (Å²) >= 11 is 10.0. The average molecular weight is 354 g/mol. The number of nitrogens with zero attached hydrogens (tertiary/aromatic N) is 1. The van der Waals surface area contributed by atoms with Gasteiger partial charge in [0.2, 0.25) is 0 Å². The molecule has 1 rings (SSSR count). The highest BCUT2D eigenvalue weighted by Gasteiger charge is 2.08. The van der Waals surface area contributed by atoms with Crippen molar-refractivity contribution in [2.45, 2.75) is 5.33 Å². The Morgan fingerprint density at radius 3 is 2.25 bits per heavy atom. The summed E-state index contributed by atoms with van der Waals surface area (Å²) in [6, 6.07) is 5.92. The van der Waals surface area contributed by atoms with E-state index in [9.17, 15) is 0 Å². The molecule has 0 aliphatic heterocycles. The van der Waals surface area contributed by atoms with Crippen LogP contribution in [0.5, 0.6) is 0 Å². The smallest absolute Gasteiger partial charge is 0.101 e. The first kappa shape index (κ1) is 10.2. The Labute approximate surface area is 96.2 Å². The summed E-state index contributed by atoms with van der Waals surface area (Å²) in [7, 11) is 0. The molecule has 0 aliphatic carbocycles. The van der Waals surface area contributed by atoms with Crippen LogP contribution in [-0.2, 0) is 5.33 Å². The fourth-order valence-corrected chi connectivity index (χ4v) is 2.73. The number of alkyl halides is 1. The van der Waals surface area contributed by atoms with E-state index in [2.05, 4.69) is 53.9 Å². The van der Waals surface area contributed by atoms with Crippen molar-refractivity contribution in [3.05, 3.63) is 32.2 Å². The van der Waals surface area contributed by atoms with Crippen LogP contribution in [0, 0.1) is 11.3 Å². The van der Waals surface area contributed by atoms with Crippen molar-refractivity contribution < 1.29 is 0 Å². The van der Waals surface area contributed by atoms with Gasteiger partial charge < -0.3 is 0 Å². The number of hydrogen-bond acceptors (Lipinski definition) is 1. The van der Waals surface area contributed by atoms with Crippen LogP contribution in [0.15, 0.2) is 21.1 Å². The highest BCUT2D eigenvalue weighted by molar-refractivity contribution is 9.11. The maximum atomic E-state index is 8.83. The monoisotopic (exact) mass is 351 g/mol. The lowest BCUT2D eigenvalue weighted by Gasteiger charge is -2.04. The first-order valence-corrected chi connectivity index (χ1v) is 5.84. The van der Waals surface area contributed by atoms with Crippen molar-refractivity contribution >= 4 is 47.8 Å². The summed E-state index contributed by atoms with van der Waals surface area (Å²) in [5.41, 5.74) is 1.66. The van der Waals surface area contributed by atoms with Gasteiger partial charge in [0.25, 0.3) is 0 Å². The molecule has 0 amide bonds. The first-order chi connectivity index (χ1) is 5.70. The molecule has 0 N–H and O–H groups in total. The van der Waals surface area contributed by atoms with Gasteiger partial charge in [0.05, 0.1) is 5.56 Å². The molecule has 0 spiro atoms. The van der Waals surface area contributed by atoms with Crippen molar-refractivity contribution in [2.24, 2.45) is 0 Å². The van der Waals surface area contributed by atoms with Gasteiger partial charge in [0.15, 0.2) is 0 Å². The standard InChI is InChI=1S/C8H4Br3N/c9-3-5-6(4-12)8(11)2-1-7(5)10/h1-2H,3H2. The second-order valence-electron chi connectivity index (χ2n) is 2.13. The normalized spacial score (nSPS) is 9.50. The zero-order chi connectivity index (χ0) is 9.14. The first-order valence-electron chi connectivity index (χ1n) is 3.13. The van der Waals surface area contributed by atoms with Crippen LogP contribution < -0.4 is 0 Å². The lowest BCUT2D eigenvalue weighted by atomic mass is 10.1. The Balaban J connectivity index is 3.41. The largest absolute Gasteiger partial charge is 0.192 e. The van der Waals surface area contributed by atoms with Crippen molar-refractivity contribution in [3.8, 4) is 6.07 Å². The van der Waals surface area contributed by atoms with Gasteiger partial charge in [0.1, 0.15) is 6.07 Å². The van der Waals surface area contributed by atoms with Crippen LogP contribution in [0.3, 0.4) is 0 Å². The highest BCUT2D eigenvalue weighted by Crippen LogP contribution is 2.28. The van der Waals surface area contributed by atoms with Crippen LogP contribution in [-0.4, -0.2) is 0 Å². The quantitative estimate of drug-likeness (QED) is 0.701. The summed E-state index contributed by atoms with van der Waals surface area (Å²) in [4.78, 5) is 0. The van der Waals surface area contributed by atoms with E-state index in [4.69, 9.17) is 5.26 Å². The number of rotatable bonds is 1. The lowest BCUT2D eigenvalue weighted by molar-refractivity contribution is 1.33. The molecular weight excluding hydrogens is 350 g/mol. The Morgan fingerprint density at radius 1 is 1.25 bits per heavy atom. The second-order valence-corrected chi connectivity index (χ2v) is 4.40. The average Bonchev–Trinajstić information content (AvgIpc) is 2.08. The Kier molecular flexibility index (Phi) is 3.76.